The first kappa shape index (κ1) is 43.5. The molecule has 3 heteroatoms. The number of rotatable bonds is 6. The maximum Gasteiger partial charge on any atom is 0.137 e. The highest BCUT2D eigenvalue weighted by Crippen LogP contribution is 2.51. The van der Waals surface area contributed by atoms with Gasteiger partial charge in [0, 0.05) is 51.0 Å². The van der Waals surface area contributed by atoms with Gasteiger partial charge < -0.3 is 14.2 Å². The van der Waals surface area contributed by atoms with E-state index in [0.717, 1.165) is 46.5 Å². The average Bonchev–Trinajstić information content (AvgIpc) is 3.60. The lowest BCUT2D eigenvalue weighted by atomic mass is 9.71. The van der Waals surface area contributed by atoms with Crippen molar-refractivity contribution >= 4 is 66.8 Å². The molecule has 0 amide bonds. The van der Waals surface area contributed by atoms with E-state index in [0.29, 0.717) is 0 Å². The molecule has 0 saturated heterocycles. The van der Waals surface area contributed by atoms with Crippen LogP contribution in [0.4, 0.5) is 34.1 Å². The molecule has 9 rings (SSSR count). The predicted octanol–water partition coefficient (Wildman–Crippen LogP) is 18.1. The van der Waals surface area contributed by atoms with Gasteiger partial charge in [-0.25, -0.2) is 0 Å². The topological polar surface area (TPSA) is 19.6 Å². The number of hydrogen-bond acceptors (Lipinski definition) is 3. The first-order valence-corrected chi connectivity index (χ1v) is 23.5. The highest BCUT2D eigenvalue weighted by Gasteiger charge is 2.34. The molecule has 0 atom stereocenters. The Labute approximate surface area is 383 Å². The molecule has 1 aliphatic rings. The highest BCUT2D eigenvalue weighted by atomic mass is 16.3. The number of nitrogens with zero attached hydrogens (tertiary/aromatic N) is 2. The Bertz CT molecular complexity index is 2890. The fourth-order valence-corrected chi connectivity index (χ4v) is 9.86. The van der Waals surface area contributed by atoms with Crippen molar-refractivity contribution in [3.8, 4) is 0 Å². The molecule has 1 aromatic heterocycles. The van der Waals surface area contributed by atoms with Gasteiger partial charge in [-0.05, 0) is 157 Å². The third-order valence-corrected chi connectivity index (χ3v) is 14.0. The van der Waals surface area contributed by atoms with Gasteiger partial charge in [-0.2, -0.15) is 0 Å². The molecular weight excluding hydrogens is 777 g/mol. The second kappa shape index (κ2) is 15.2. The van der Waals surface area contributed by atoms with Crippen LogP contribution in [0.3, 0.4) is 0 Å². The largest absolute Gasteiger partial charge is 0.456 e. The monoisotopic (exact) mass is 845 g/mol. The Kier molecular flexibility index (Phi) is 10.3. The van der Waals surface area contributed by atoms with Gasteiger partial charge in [0.2, 0.25) is 0 Å². The molecule has 0 radical (unpaired) electrons. The van der Waals surface area contributed by atoms with Crippen molar-refractivity contribution in [3.05, 3.63) is 167 Å². The van der Waals surface area contributed by atoms with Crippen molar-refractivity contribution < 1.29 is 4.42 Å². The number of benzene rings is 7. The maximum atomic E-state index is 7.01. The number of furan rings is 1. The zero-order chi connectivity index (χ0) is 45.7. The van der Waals surface area contributed by atoms with Crippen LogP contribution in [-0.2, 0) is 33.5 Å². The summed E-state index contributed by atoms with van der Waals surface area (Å²) in [6.07, 6.45) is 2.05. The van der Waals surface area contributed by atoms with Gasteiger partial charge in [-0.15, -0.1) is 0 Å². The third-order valence-electron chi connectivity index (χ3n) is 14.0. The molecule has 0 bridgehead atoms. The van der Waals surface area contributed by atoms with E-state index in [1.807, 2.05) is 0 Å². The van der Waals surface area contributed by atoms with Gasteiger partial charge >= 0.3 is 0 Å². The third kappa shape index (κ3) is 7.80. The molecule has 0 aliphatic heterocycles. The van der Waals surface area contributed by atoms with Crippen LogP contribution in [0.25, 0.3) is 32.7 Å². The van der Waals surface area contributed by atoms with Crippen LogP contribution in [0.2, 0.25) is 0 Å². The van der Waals surface area contributed by atoms with Crippen molar-refractivity contribution in [2.24, 2.45) is 0 Å². The van der Waals surface area contributed by atoms with Crippen molar-refractivity contribution in [1.82, 2.24) is 0 Å². The summed E-state index contributed by atoms with van der Waals surface area (Å²) in [4.78, 5) is 4.86. The summed E-state index contributed by atoms with van der Waals surface area (Å²) in [5.74, 6) is 0. The summed E-state index contributed by atoms with van der Waals surface area (Å²) in [7, 11) is 0. The van der Waals surface area contributed by atoms with Crippen molar-refractivity contribution in [1.29, 1.82) is 0 Å². The number of hydrogen-bond donors (Lipinski definition) is 0. The van der Waals surface area contributed by atoms with Crippen LogP contribution in [0.1, 0.15) is 137 Å². The lowest BCUT2D eigenvalue weighted by Crippen LogP contribution is -2.24. The molecule has 0 saturated carbocycles. The molecule has 1 aliphatic carbocycles. The van der Waals surface area contributed by atoms with Gasteiger partial charge in [0.1, 0.15) is 11.2 Å². The van der Waals surface area contributed by atoms with Crippen LogP contribution < -0.4 is 9.80 Å². The fraction of sp³-hybridized carbons (Fsp3) is 0.344. The smallest absolute Gasteiger partial charge is 0.137 e. The minimum absolute atomic E-state index is 0.0228. The zero-order valence-electron chi connectivity index (χ0n) is 40.9. The maximum absolute atomic E-state index is 7.01. The van der Waals surface area contributed by atoms with E-state index in [2.05, 4.69) is 240 Å². The minimum Gasteiger partial charge on any atom is -0.456 e. The standard InChI is InChI=1S/C61H68N2O/c1-57(2,3)39-15-23-43(24-16-39)62(44-25-17-40(18-26-44)58(4,5)6)47-31-32-49-53(37-47)64-54-38-51-55-48(35-36-61(51,13)14)52(34-33-50(55)56(49)54)63(45-27-19-41(20-28-45)59(7,8)9)46-29-21-42(22-30-46)60(10,11)12/h15-34,37-38H,35-36H2,1-14H3. The van der Waals surface area contributed by atoms with E-state index in [1.165, 1.54) is 66.6 Å². The summed E-state index contributed by atoms with van der Waals surface area (Å²) in [5, 5.41) is 4.97. The SMILES string of the molecule is CC(C)(C)c1ccc(N(c2ccc(C(C)(C)C)cc2)c2ccc3c(c2)oc2cc4c5c(c(N(c6ccc(C(C)(C)C)cc6)c6ccc(C(C)(C)C)cc6)ccc5c23)CCC4(C)C)cc1. The quantitative estimate of drug-likeness (QED) is 0.166. The van der Waals surface area contributed by atoms with Crippen molar-refractivity contribution in [2.75, 3.05) is 9.80 Å². The van der Waals surface area contributed by atoms with Crippen LogP contribution in [0.15, 0.2) is 138 Å². The summed E-state index contributed by atoms with van der Waals surface area (Å²) in [5.41, 5.74) is 17.1. The van der Waals surface area contributed by atoms with E-state index in [1.54, 1.807) is 0 Å². The Morgan fingerprint density at radius 1 is 0.406 bits per heavy atom. The minimum atomic E-state index is -0.0228. The Hall–Kier alpha value is -5.80. The lowest BCUT2D eigenvalue weighted by molar-refractivity contribution is 0.474. The second-order valence-electron chi connectivity index (χ2n) is 23.3. The van der Waals surface area contributed by atoms with Gasteiger partial charge in [0.25, 0.3) is 0 Å². The van der Waals surface area contributed by atoms with Gasteiger partial charge in [-0.3, -0.25) is 0 Å². The molecule has 0 fully saturated rings. The lowest BCUT2D eigenvalue weighted by Gasteiger charge is -2.36. The van der Waals surface area contributed by atoms with Crippen molar-refractivity contribution in [3.63, 3.8) is 0 Å². The van der Waals surface area contributed by atoms with E-state index in [-0.39, 0.29) is 27.1 Å². The second-order valence-corrected chi connectivity index (χ2v) is 23.3. The summed E-state index contributed by atoms with van der Waals surface area (Å²) in [6.45, 7) is 32.2. The normalized spacial score (nSPS) is 14.4. The fourth-order valence-electron chi connectivity index (χ4n) is 9.86. The molecule has 0 unspecified atom stereocenters. The highest BCUT2D eigenvalue weighted by molar-refractivity contribution is 6.21. The summed E-state index contributed by atoms with van der Waals surface area (Å²) < 4.78 is 7.01. The molecule has 8 aromatic rings. The molecular formula is C61H68N2O. The predicted molar refractivity (Wildman–Crippen MR) is 277 cm³/mol. The Morgan fingerprint density at radius 3 is 1.22 bits per heavy atom. The Morgan fingerprint density at radius 2 is 0.797 bits per heavy atom. The number of anilines is 6. The molecule has 328 valence electrons. The van der Waals surface area contributed by atoms with Gasteiger partial charge in [0.15, 0.2) is 0 Å². The van der Waals surface area contributed by atoms with Crippen LogP contribution in [-0.4, -0.2) is 0 Å². The van der Waals surface area contributed by atoms with E-state index in [9.17, 15) is 0 Å². The van der Waals surface area contributed by atoms with Gasteiger partial charge in [0.05, 0.1) is 0 Å². The molecule has 7 aromatic carbocycles. The van der Waals surface area contributed by atoms with E-state index < -0.39 is 0 Å². The molecule has 0 N–H and O–H groups in total. The molecule has 3 nitrogen and oxygen atoms in total. The molecule has 1 heterocycles. The zero-order valence-corrected chi connectivity index (χ0v) is 40.9. The van der Waals surface area contributed by atoms with Crippen LogP contribution >= 0.6 is 0 Å². The van der Waals surface area contributed by atoms with Gasteiger partial charge in [-0.1, -0.05) is 152 Å². The number of fused-ring (bicyclic) bond motifs is 4. The molecule has 0 spiro atoms. The van der Waals surface area contributed by atoms with Crippen LogP contribution in [0.5, 0.6) is 0 Å². The molecule has 64 heavy (non-hydrogen) atoms. The van der Waals surface area contributed by atoms with E-state index in [4.69, 9.17) is 4.42 Å². The first-order chi connectivity index (χ1) is 30.0. The number of aryl methyl sites for hydroxylation is 1. The Balaban J connectivity index is 1.23. The van der Waals surface area contributed by atoms with E-state index >= 15 is 0 Å². The summed E-state index contributed by atoms with van der Waals surface area (Å²) >= 11 is 0. The van der Waals surface area contributed by atoms with Crippen LogP contribution in [0, 0.1) is 0 Å². The average molecular weight is 845 g/mol. The summed E-state index contributed by atoms with van der Waals surface area (Å²) in [6, 6.07) is 50.6. The van der Waals surface area contributed by atoms with Crippen molar-refractivity contribution in [2.45, 2.75) is 137 Å². The first-order valence-electron chi connectivity index (χ1n) is 23.5.